The molecule has 14 heteroatoms. The van der Waals surface area contributed by atoms with Crippen LogP contribution in [-0.2, 0) is 19.2 Å². The van der Waals surface area contributed by atoms with Crippen molar-refractivity contribution in [2.24, 2.45) is 50.0 Å². The van der Waals surface area contributed by atoms with Gasteiger partial charge in [-0.2, -0.15) is 20.5 Å². The fraction of sp³-hybridized carbons (Fsp3) is 0.265. The number of methoxy groups -OCH3 is 1. The van der Waals surface area contributed by atoms with Crippen LogP contribution in [0.1, 0.15) is 24.3 Å². The maximum Gasteiger partial charge on any atom is 0.238 e. The molecule has 0 spiro atoms. The van der Waals surface area contributed by atoms with Gasteiger partial charge >= 0.3 is 0 Å². The summed E-state index contributed by atoms with van der Waals surface area (Å²) in [7, 11) is 9.34. The first-order valence-corrected chi connectivity index (χ1v) is 20.8. The normalized spacial score (nSPS) is 23.0. The molecule has 0 unspecified atom stereocenters. The highest BCUT2D eigenvalue weighted by Crippen LogP contribution is 2.59. The molecule has 2 aliphatic heterocycles. The van der Waals surface area contributed by atoms with Crippen LogP contribution < -0.4 is 24.3 Å². The van der Waals surface area contributed by atoms with Gasteiger partial charge < -0.3 is 19.6 Å². The summed E-state index contributed by atoms with van der Waals surface area (Å²) >= 11 is 0. The number of benzene rings is 5. The minimum absolute atomic E-state index is 0.0928. The topological polar surface area (TPSA) is 160 Å². The molecule has 1 N–H and O–H groups in total. The molecule has 0 radical (unpaired) electrons. The first-order valence-electron chi connectivity index (χ1n) is 20.8. The van der Waals surface area contributed by atoms with Gasteiger partial charge in [-0.25, -0.2) is 0 Å². The van der Waals surface area contributed by atoms with Gasteiger partial charge in [0.2, 0.25) is 23.6 Å². The Morgan fingerprint density at radius 1 is 0.556 bits per heavy atom. The lowest BCUT2D eigenvalue weighted by Crippen LogP contribution is -2.43. The molecule has 9 rings (SSSR count). The molecule has 2 saturated heterocycles. The first kappa shape index (κ1) is 40.9. The first-order chi connectivity index (χ1) is 30.4. The number of hydrogen-bond acceptors (Lipinski definition) is 12. The molecule has 4 aliphatic rings. The zero-order valence-corrected chi connectivity index (χ0v) is 35.5. The van der Waals surface area contributed by atoms with Crippen LogP contribution in [0.5, 0.6) is 11.5 Å². The Morgan fingerprint density at radius 3 is 1.44 bits per heavy atom. The highest BCUT2D eigenvalue weighted by atomic mass is 16.5. The highest BCUT2D eigenvalue weighted by molar-refractivity contribution is 6.24. The van der Waals surface area contributed by atoms with E-state index in [0.29, 0.717) is 45.4 Å². The van der Waals surface area contributed by atoms with Gasteiger partial charge in [0.1, 0.15) is 11.5 Å². The fourth-order valence-corrected chi connectivity index (χ4v) is 9.56. The van der Waals surface area contributed by atoms with Crippen molar-refractivity contribution in [2.45, 2.75) is 18.8 Å². The van der Waals surface area contributed by atoms with Crippen LogP contribution in [0.3, 0.4) is 0 Å². The van der Waals surface area contributed by atoms with Crippen molar-refractivity contribution >= 4 is 69.1 Å². The van der Waals surface area contributed by atoms with Crippen molar-refractivity contribution in [1.29, 1.82) is 0 Å². The van der Waals surface area contributed by atoms with Gasteiger partial charge in [-0.15, -0.1) is 0 Å². The molecule has 5 aromatic carbocycles. The standard InChI is InChI=1S/C49H46N8O6/c1-54(2)32-14-6-28(7-15-32)50-52-30-10-18-34(19-11-30)56-46(59)39-25-24-37-40(44(39)48(56)61)27-41-45(43(37)38-23-22-36(63-5)26-42(38)58)49(62)57(47(41)60)35-20-12-31(13-21-35)53-51-29-8-16-33(17-9-29)55(3)4/h6-24,26,39-41,43-45,58H,25,27H2,1-5H3/t39-,40+,41+,43+,44-,45+/m0/s1. The van der Waals surface area contributed by atoms with E-state index in [1.165, 1.54) is 23.0 Å². The van der Waals surface area contributed by atoms with Crippen LogP contribution in [-0.4, -0.2) is 64.0 Å². The third-order valence-electron chi connectivity index (χ3n) is 12.7. The number of imide groups is 2. The molecular weight excluding hydrogens is 797 g/mol. The SMILES string of the molecule is COc1ccc([C@H]2C3=CC[C@@H]4C(=O)N(c5ccc(N=Nc6ccc(N(C)C)cc6)cc5)C(=O)[C@@H]4[C@@H]3C[C@H]3C(=O)N(c4ccc(N=Nc5ccc(N(C)C)cc5)cc4)C(=O)[C@@H]23)c(O)c1. The van der Waals surface area contributed by atoms with Crippen LogP contribution in [0, 0.1) is 29.6 Å². The minimum Gasteiger partial charge on any atom is -0.508 e. The molecule has 2 heterocycles. The second-order valence-electron chi connectivity index (χ2n) is 16.7. The number of carbonyl (C=O) groups is 4. The van der Waals surface area contributed by atoms with Crippen molar-refractivity contribution in [3.63, 3.8) is 0 Å². The molecule has 14 nitrogen and oxygen atoms in total. The molecule has 3 fully saturated rings. The Morgan fingerprint density at radius 2 is 1.00 bits per heavy atom. The van der Waals surface area contributed by atoms with E-state index in [0.717, 1.165) is 16.9 Å². The van der Waals surface area contributed by atoms with E-state index in [4.69, 9.17) is 4.74 Å². The van der Waals surface area contributed by atoms with E-state index in [1.807, 2.05) is 92.6 Å². The number of carbonyl (C=O) groups excluding carboxylic acids is 4. The number of rotatable bonds is 10. The Kier molecular flexibility index (Phi) is 10.7. The zero-order valence-electron chi connectivity index (χ0n) is 35.5. The summed E-state index contributed by atoms with van der Waals surface area (Å²) in [5, 5.41) is 28.9. The molecular formula is C49H46N8O6. The number of allylic oxidation sites excluding steroid dienone is 2. The van der Waals surface area contributed by atoms with E-state index in [-0.39, 0.29) is 30.4 Å². The lowest BCUT2D eigenvalue weighted by atomic mass is 9.57. The monoisotopic (exact) mass is 842 g/mol. The largest absolute Gasteiger partial charge is 0.508 e. The van der Waals surface area contributed by atoms with Gasteiger partial charge in [0.25, 0.3) is 0 Å². The second kappa shape index (κ2) is 16.4. The Labute approximate surface area is 364 Å². The average molecular weight is 843 g/mol. The zero-order chi connectivity index (χ0) is 44.1. The summed E-state index contributed by atoms with van der Waals surface area (Å²) in [5.74, 6) is -5.55. The molecule has 63 heavy (non-hydrogen) atoms. The maximum absolute atomic E-state index is 14.7. The molecule has 5 aromatic rings. The predicted molar refractivity (Wildman–Crippen MR) is 240 cm³/mol. The summed E-state index contributed by atoms with van der Waals surface area (Å²) in [4.78, 5) is 64.5. The van der Waals surface area contributed by atoms with Crippen molar-refractivity contribution in [3.05, 3.63) is 132 Å². The van der Waals surface area contributed by atoms with Gasteiger partial charge in [0, 0.05) is 57.1 Å². The van der Waals surface area contributed by atoms with Crippen molar-refractivity contribution in [3.8, 4) is 11.5 Å². The highest BCUT2D eigenvalue weighted by Gasteiger charge is 2.62. The smallest absolute Gasteiger partial charge is 0.238 e. The molecule has 0 bridgehead atoms. The van der Waals surface area contributed by atoms with E-state index >= 15 is 0 Å². The summed E-state index contributed by atoms with van der Waals surface area (Å²) in [5.41, 5.74) is 6.53. The molecule has 6 atom stereocenters. The van der Waals surface area contributed by atoms with Crippen LogP contribution in [0.2, 0.25) is 0 Å². The minimum atomic E-state index is -0.865. The number of anilines is 4. The summed E-state index contributed by atoms with van der Waals surface area (Å²) in [6.07, 6.45) is 2.41. The number of amides is 4. The van der Waals surface area contributed by atoms with E-state index in [2.05, 4.69) is 20.5 Å². The van der Waals surface area contributed by atoms with Crippen molar-refractivity contribution < 1.29 is 29.0 Å². The number of aromatic hydroxyl groups is 1. The lowest BCUT2D eigenvalue weighted by Gasteiger charge is -2.44. The van der Waals surface area contributed by atoms with Crippen LogP contribution in [0.25, 0.3) is 0 Å². The van der Waals surface area contributed by atoms with Crippen LogP contribution >= 0.6 is 0 Å². The molecule has 4 amide bonds. The second-order valence-corrected chi connectivity index (χ2v) is 16.7. The van der Waals surface area contributed by atoms with Crippen molar-refractivity contribution in [1.82, 2.24) is 0 Å². The van der Waals surface area contributed by atoms with Gasteiger partial charge in [-0.3, -0.25) is 29.0 Å². The fourth-order valence-electron chi connectivity index (χ4n) is 9.56. The third-order valence-corrected chi connectivity index (χ3v) is 12.7. The average Bonchev–Trinajstić information content (AvgIpc) is 3.70. The maximum atomic E-state index is 14.7. The van der Waals surface area contributed by atoms with Gasteiger partial charge in [-0.05, 0) is 122 Å². The predicted octanol–water partition coefficient (Wildman–Crippen LogP) is 9.41. The molecule has 0 aromatic heterocycles. The summed E-state index contributed by atoms with van der Waals surface area (Å²) in [6, 6.07) is 33.7. The van der Waals surface area contributed by atoms with Gasteiger partial charge in [-0.1, -0.05) is 17.7 Å². The van der Waals surface area contributed by atoms with E-state index in [9.17, 15) is 24.3 Å². The number of nitrogens with zero attached hydrogens (tertiary/aromatic N) is 8. The Balaban J connectivity index is 0.993. The van der Waals surface area contributed by atoms with Crippen LogP contribution in [0.4, 0.5) is 45.5 Å². The number of ether oxygens (including phenoxy) is 1. The molecule has 1 saturated carbocycles. The summed E-state index contributed by atoms with van der Waals surface area (Å²) in [6.45, 7) is 0. The number of phenols is 1. The number of azo groups is 2. The Hall–Kier alpha value is -7.48. The number of phenolic OH excluding ortho intramolecular Hbond substituents is 1. The number of fused-ring (bicyclic) bond motifs is 4. The van der Waals surface area contributed by atoms with Crippen molar-refractivity contribution in [2.75, 3.05) is 54.9 Å². The molecule has 318 valence electrons. The van der Waals surface area contributed by atoms with Gasteiger partial charge in [0.05, 0.1) is 64.9 Å². The molecule has 2 aliphatic carbocycles. The number of hydrogen-bond donors (Lipinski definition) is 1. The van der Waals surface area contributed by atoms with Gasteiger partial charge in [0.15, 0.2) is 0 Å². The van der Waals surface area contributed by atoms with E-state index < -0.39 is 47.3 Å². The quantitative estimate of drug-likeness (QED) is 0.0827. The Bertz CT molecular complexity index is 2690. The third kappa shape index (κ3) is 7.40. The lowest BCUT2D eigenvalue weighted by molar-refractivity contribution is -0.126. The van der Waals surface area contributed by atoms with Crippen LogP contribution in [0.15, 0.2) is 147 Å². The van der Waals surface area contributed by atoms with E-state index in [1.54, 1.807) is 60.7 Å². The summed E-state index contributed by atoms with van der Waals surface area (Å²) < 4.78 is 5.38.